The lowest BCUT2D eigenvalue weighted by Gasteiger charge is -2.42. The monoisotopic (exact) mass is 364 g/mol. The predicted octanol–water partition coefficient (Wildman–Crippen LogP) is 3.51. The molecule has 1 atom stereocenters. The van der Waals surface area contributed by atoms with Gasteiger partial charge in [-0.1, -0.05) is 13.8 Å². The fraction of sp³-hybridized carbons (Fsp3) is 0.750. The van der Waals surface area contributed by atoms with E-state index in [1.54, 1.807) is 11.3 Å². The Morgan fingerprint density at radius 1 is 1.40 bits per heavy atom. The van der Waals surface area contributed by atoms with Crippen LogP contribution in [0.4, 0.5) is 0 Å². The van der Waals surface area contributed by atoms with E-state index in [0.29, 0.717) is 17.3 Å². The van der Waals surface area contributed by atoms with E-state index in [-0.39, 0.29) is 5.91 Å². The zero-order valence-corrected chi connectivity index (χ0v) is 16.9. The van der Waals surface area contributed by atoms with Crippen LogP contribution in [0.3, 0.4) is 0 Å². The third kappa shape index (κ3) is 3.93. The maximum atomic E-state index is 12.8. The van der Waals surface area contributed by atoms with Crippen molar-refractivity contribution in [1.29, 1.82) is 0 Å². The van der Waals surface area contributed by atoms with Crippen LogP contribution in [0.5, 0.6) is 0 Å². The summed E-state index contributed by atoms with van der Waals surface area (Å²) in [5.74, 6) is 1.52. The number of amides is 1. The quantitative estimate of drug-likeness (QED) is 0.801. The number of thiophene rings is 1. The van der Waals surface area contributed by atoms with E-state index in [9.17, 15) is 4.79 Å². The number of ether oxygens (including phenoxy) is 1. The summed E-state index contributed by atoms with van der Waals surface area (Å²) >= 11 is 1.57. The minimum atomic E-state index is 0.225. The Labute approximate surface area is 156 Å². The number of rotatable bonds is 5. The first-order valence-corrected chi connectivity index (χ1v) is 10.4. The summed E-state index contributed by atoms with van der Waals surface area (Å²) < 4.78 is 5.55. The largest absolute Gasteiger partial charge is 0.384 e. The second-order valence-corrected chi connectivity index (χ2v) is 9.24. The topological polar surface area (TPSA) is 32.8 Å². The van der Waals surface area contributed by atoms with Gasteiger partial charge in [0.1, 0.15) is 0 Å². The number of piperidine rings is 1. The number of carbonyl (C=O) groups is 1. The Bertz CT molecular complexity index is 590. The lowest BCUT2D eigenvalue weighted by Crippen LogP contribution is -2.47. The number of carbonyl (C=O) groups excluding carboxylic acids is 1. The molecule has 25 heavy (non-hydrogen) atoms. The highest BCUT2D eigenvalue weighted by Gasteiger charge is 2.48. The summed E-state index contributed by atoms with van der Waals surface area (Å²) in [6, 6.07) is 2.04. The van der Waals surface area contributed by atoms with Gasteiger partial charge in [0.05, 0.1) is 11.5 Å². The van der Waals surface area contributed by atoms with Crippen molar-refractivity contribution < 1.29 is 9.53 Å². The van der Waals surface area contributed by atoms with Crippen LogP contribution in [-0.4, -0.2) is 62.1 Å². The third-order valence-electron chi connectivity index (χ3n) is 5.98. The first kappa shape index (κ1) is 18.9. The molecular formula is C20H32N2O2S. The maximum absolute atomic E-state index is 12.8. The van der Waals surface area contributed by atoms with Crippen LogP contribution in [0.2, 0.25) is 0 Å². The van der Waals surface area contributed by atoms with E-state index in [2.05, 4.69) is 23.6 Å². The molecule has 0 bridgehead atoms. The molecule has 0 aliphatic carbocycles. The Balaban J connectivity index is 1.66. The van der Waals surface area contributed by atoms with Gasteiger partial charge in [-0.25, -0.2) is 0 Å². The van der Waals surface area contributed by atoms with Crippen LogP contribution in [-0.2, 0) is 4.74 Å². The molecule has 0 saturated carbocycles. The van der Waals surface area contributed by atoms with Gasteiger partial charge >= 0.3 is 0 Å². The van der Waals surface area contributed by atoms with Gasteiger partial charge in [-0.3, -0.25) is 4.79 Å². The Morgan fingerprint density at radius 3 is 2.68 bits per heavy atom. The van der Waals surface area contributed by atoms with Crippen molar-refractivity contribution >= 4 is 17.2 Å². The molecule has 1 aromatic rings. The van der Waals surface area contributed by atoms with E-state index < -0.39 is 0 Å². The molecule has 1 amide bonds. The van der Waals surface area contributed by atoms with Gasteiger partial charge in [0.2, 0.25) is 0 Å². The third-order valence-corrected chi connectivity index (χ3v) is 6.98. The number of nitrogens with zero attached hydrogens (tertiary/aromatic N) is 2. The van der Waals surface area contributed by atoms with Gasteiger partial charge in [-0.2, -0.15) is 0 Å². The second-order valence-electron chi connectivity index (χ2n) is 8.33. The lowest BCUT2D eigenvalue weighted by molar-refractivity contribution is 0.0324. The molecule has 3 heterocycles. The molecule has 2 aliphatic rings. The molecule has 0 N–H and O–H groups in total. The van der Waals surface area contributed by atoms with Crippen molar-refractivity contribution in [1.82, 2.24) is 9.80 Å². The van der Waals surface area contributed by atoms with Crippen molar-refractivity contribution in [2.45, 2.75) is 33.6 Å². The zero-order chi connectivity index (χ0) is 18.0. The van der Waals surface area contributed by atoms with Gasteiger partial charge in [0.25, 0.3) is 5.91 Å². The van der Waals surface area contributed by atoms with Crippen LogP contribution in [0.1, 0.15) is 41.9 Å². The van der Waals surface area contributed by atoms with Crippen LogP contribution in [0.15, 0.2) is 11.4 Å². The lowest BCUT2D eigenvalue weighted by atomic mass is 9.71. The second kappa shape index (κ2) is 7.77. The Hall–Kier alpha value is -0.910. The molecule has 1 spiro atoms. The van der Waals surface area contributed by atoms with E-state index in [4.69, 9.17) is 4.74 Å². The fourth-order valence-corrected chi connectivity index (χ4v) is 5.58. The van der Waals surface area contributed by atoms with Crippen molar-refractivity contribution in [2.75, 3.05) is 46.4 Å². The minimum absolute atomic E-state index is 0.225. The highest BCUT2D eigenvalue weighted by molar-refractivity contribution is 7.12. The number of likely N-dealkylation sites (tertiary alicyclic amines) is 2. The molecule has 3 rings (SSSR count). The molecule has 1 aromatic heterocycles. The summed E-state index contributed by atoms with van der Waals surface area (Å²) in [6.07, 6.45) is 2.21. The van der Waals surface area contributed by atoms with Gasteiger partial charge in [-0.15, -0.1) is 11.3 Å². The van der Waals surface area contributed by atoms with Crippen molar-refractivity contribution in [3.8, 4) is 0 Å². The van der Waals surface area contributed by atoms with Crippen molar-refractivity contribution in [3.05, 3.63) is 21.9 Å². The summed E-state index contributed by atoms with van der Waals surface area (Å²) in [7, 11) is 1.82. The highest BCUT2D eigenvalue weighted by atomic mass is 32.1. The van der Waals surface area contributed by atoms with Crippen LogP contribution >= 0.6 is 11.3 Å². The number of hydrogen-bond donors (Lipinski definition) is 0. The average molecular weight is 365 g/mol. The van der Waals surface area contributed by atoms with Crippen LogP contribution < -0.4 is 0 Å². The molecule has 4 nitrogen and oxygen atoms in total. The van der Waals surface area contributed by atoms with E-state index in [1.165, 1.54) is 13.1 Å². The fourth-order valence-electron chi connectivity index (χ4n) is 4.69. The molecule has 5 heteroatoms. The van der Waals surface area contributed by atoms with E-state index in [0.717, 1.165) is 49.5 Å². The van der Waals surface area contributed by atoms with Gasteiger partial charge in [0.15, 0.2) is 0 Å². The molecule has 0 radical (unpaired) electrons. The standard InChI is InChI=1S/C20H32N2O2S/c1-15(2)11-21-12-17(13-24-4)20(14-21)6-8-22(9-7-20)19(23)18-16(3)5-10-25-18/h5,10,15,17H,6-9,11-14H2,1-4H3. The van der Waals surface area contributed by atoms with E-state index in [1.807, 2.05) is 25.5 Å². The Morgan fingerprint density at radius 2 is 2.12 bits per heavy atom. The zero-order valence-electron chi connectivity index (χ0n) is 16.1. The first-order valence-electron chi connectivity index (χ1n) is 9.50. The molecule has 2 saturated heterocycles. The summed E-state index contributed by atoms with van der Waals surface area (Å²) in [6.45, 7) is 12.7. The molecule has 140 valence electrons. The van der Waals surface area contributed by atoms with Crippen LogP contribution in [0, 0.1) is 24.2 Å². The predicted molar refractivity (Wildman–Crippen MR) is 103 cm³/mol. The number of hydrogen-bond acceptors (Lipinski definition) is 4. The molecular weight excluding hydrogens is 332 g/mol. The highest BCUT2D eigenvalue weighted by Crippen LogP contribution is 2.45. The molecule has 2 fully saturated rings. The smallest absolute Gasteiger partial charge is 0.264 e. The Kier molecular flexibility index (Phi) is 5.86. The average Bonchev–Trinajstić information content (AvgIpc) is 3.12. The van der Waals surface area contributed by atoms with Gasteiger partial charge < -0.3 is 14.5 Å². The molecule has 0 aromatic carbocycles. The molecule has 1 unspecified atom stereocenters. The van der Waals surface area contributed by atoms with Crippen molar-refractivity contribution in [3.63, 3.8) is 0 Å². The minimum Gasteiger partial charge on any atom is -0.384 e. The van der Waals surface area contributed by atoms with Gasteiger partial charge in [-0.05, 0) is 48.1 Å². The number of methoxy groups -OCH3 is 1. The molecule has 2 aliphatic heterocycles. The normalized spacial score (nSPS) is 23.7. The van der Waals surface area contributed by atoms with Gasteiger partial charge in [0, 0.05) is 45.8 Å². The van der Waals surface area contributed by atoms with E-state index >= 15 is 0 Å². The SMILES string of the molecule is COCC1CN(CC(C)C)CC12CCN(C(=O)c1sccc1C)CC2. The first-order chi connectivity index (χ1) is 11.9. The summed E-state index contributed by atoms with van der Waals surface area (Å²) in [4.78, 5) is 18.4. The van der Waals surface area contributed by atoms with Crippen molar-refractivity contribution in [2.24, 2.45) is 17.3 Å². The van der Waals surface area contributed by atoms with Crippen LogP contribution in [0.25, 0.3) is 0 Å². The maximum Gasteiger partial charge on any atom is 0.264 e. The number of aryl methyl sites for hydroxylation is 1. The summed E-state index contributed by atoms with van der Waals surface area (Å²) in [5.41, 5.74) is 1.43. The summed E-state index contributed by atoms with van der Waals surface area (Å²) in [5, 5.41) is 2.02.